The molecule has 0 amide bonds. The summed E-state index contributed by atoms with van der Waals surface area (Å²) in [5.74, 6) is 0.591. The molecule has 0 saturated carbocycles. The molecule has 0 bridgehead atoms. The lowest BCUT2D eigenvalue weighted by Gasteiger charge is -2.23. The Morgan fingerprint density at radius 1 is 1.47 bits per heavy atom. The summed E-state index contributed by atoms with van der Waals surface area (Å²) in [7, 11) is 0. The molecular weight excluding hydrogens is 242 g/mol. The first kappa shape index (κ1) is 11.9. The standard InChI is InChI=1S/C14H15N3O2/c1-8-2-4-12-10(6-8)14(15)11-7-9(17(18)19)3-5-13(11)16-12/h3,5,7-8H,2,4,6H2,1H3,(H2,15,16). The summed E-state index contributed by atoms with van der Waals surface area (Å²) < 4.78 is 0. The zero-order valence-corrected chi connectivity index (χ0v) is 10.7. The number of hydrogen-bond acceptors (Lipinski definition) is 4. The lowest BCUT2D eigenvalue weighted by Crippen LogP contribution is -2.15. The number of fused-ring (bicyclic) bond motifs is 2. The molecule has 1 aliphatic rings. The van der Waals surface area contributed by atoms with E-state index in [-0.39, 0.29) is 5.69 Å². The van der Waals surface area contributed by atoms with Crippen molar-refractivity contribution >= 4 is 22.3 Å². The molecule has 5 nitrogen and oxygen atoms in total. The molecule has 0 radical (unpaired) electrons. The summed E-state index contributed by atoms with van der Waals surface area (Å²) in [5.41, 5.74) is 9.81. The van der Waals surface area contributed by atoms with Gasteiger partial charge in [0.1, 0.15) is 0 Å². The van der Waals surface area contributed by atoms with Crippen LogP contribution in [0.5, 0.6) is 0 Å². The highest BCUT2D eigenvalue weighted by Crippen LogP contribution is 2.34. The van der Waals surface area contributed by atoms with E-state index >= 15 is 0 Å². The van der Waals surface area contributed by atoms with Crippen LogP contribution < -0.4 is 5.73 Å². The first-order valence-corrected chi connectivity index (χ1v) is 6.41. The summed E-state index contributed by atoms with van der Waals surface area (Å²) in [5, 5.41) is 11.5. The van der Waals surface area contributed by atoms with Crippen LogP contribution in [0.4, 0.5) is 11.4 Å². The number of aryl methyl sites for hydroxylation is 1. The smallest absolute Gasteiger partial charge is 0.270 e. The van der Waals surface area contributed by atoms with Crippen LogP contribution in [0.3, 0.4) is 0 Å². The van der Waals surface area contributed by atoms with Gasteiger partial charge in [-0.3, -0.25) is 15.1 Å². The summed E-state index contributed by atoms with van der Waals surface area (Å²) >= 11 is 0. The maximum atomic E-state index is 10.8. The minimum absolute atomic E-state index is 0.0600. The van der Waals surface area contributed by atoms with E-state index in [9.17, 15) is 10.1 Å². The predicted octanol–water partition coefficient (Wildman–Crippen LogP) is 2.85. The number of nitrogen functional groups attached to an aromatic ring is 1. The lowest BCUT2D eigenvalue weighted by molar-refractivity contribution is -0.384. The first-order valence-electron chi connectivity index (χ1n) is 6.41. The molecule has 0 aliphatic heterocycles. The monoisotopic (exact) mass is 257 g/mol. The summed E-state index contributed by atoms with van der Waals surface area (Å²) in [4.78, 5) is 15.0. The molecule has 1 aromatic carbocycles. The molecule has 2 N–H and O–H groups in total. The predicted molar refractivity (Wildman–Crippen MR) is 74.0 cm³/mol. The topological polar surface area (TPSA) is 82.0 Å². The van der Waals surface area contributed by atoms with Crippen molar-refractivity contribution in [2.75, 3.05) is 5.73 Å². The second-order valence-corrected chi connectivity index (χ2v) is 5.26. The molecule has 19 heavy (non-hydrogen) atoms. The average molecular weight is 257 g/mol. The van der Waals surface area contributed by atoms with Crippen molar-refractivity contribution in [2.45, 2.75) is 26.2 Å². The minimum atomic E-state index is -0.402. The molecule has 2 aromatic rings. The van der Waals surface area contributed by atoms with Gasteiger partial charge < -0.3 is 5.73 Å². The van der Waals surface area contributed by atoms with Crippen molar-refractivity contribution < 1.29 is 4.92 Å². The number of pyridine rings is 1. The summed E-state index contributed by atoms with van der Waals surface area (Å²) in [6, 6.07) is 4.69. The zero-order valence-electron chi connectivity index (χ0n) is 10.7. The zero-order chi connectivity index (χ0) is 13.6. The largest absolute Gasteiger partial charge is 0.398 e. The highest BCUT2D eigenvalue weighted by Gasteiger charge is 2.21. The molecule has 1 aromatic heterocycles. The van der Waals surface area contributed by atoms with Crippen molar-refractivity contribution in [3.63, 3.8) is 0 Å². The van der Waals surface area contributed by atoms with Gasteiger partial charge in [-0.2, -0.15) is 0 Å². The first-order chi connectivity index (χ1) is 9.06. The third kappa shape index (κ3) is 1.91. The second-order valence-electron chi connectivity index (χ2n) is 5.26. The molecule has 1 atom stereocenters. The van der Waals surface area contributed by atoms with Crippen molar-refractivity contribution in [1.82, 2.24) is 4.98 Å². The number of nitrogens with zero attached hydrogens (tertiary/aromatic N) is 2. The van der Waals surface area contributed by atoms with Gasteiger partial charge in [0.25, 0.3) is 5.69 Å². The van der Waals surface area contributed by atoms with Crippen LogP contribution in [0, 0.1) is 16.0 Å². The van der Waals surface area contributed by atoms with Gasteiger partial charge in [0.15, 0.2) is 0 Å². The molecule has 98 valence electrons. The van der Waals surface area contributed by atoms with E-state index in [1.165, 1.54) is 12.1 Å². The van der Waals surface area contributed by atoms with Gasteiger partial charge >= 0.3 is 0 Å². The summed E-state index contributed by atoms with van der Waals surface area (Å²) in [6.45, 7) is 2.19. The van der Waals surface area contributed by atoms with Crippen molar-refractivity contribution in [1.29, 1.82) is 0 Å². The van der Waals surface area contributed by atoms with E-state index in [0.29, 0.717) is 17.0 Å². The van der Waals surface area contributed by atoms with Crippen LogP contribution >= 0.6 is 0 Å². The van der Waals surface area contributed by atoms with Crippen LogP contribution in [0.2, 0.25) is 0 Å². The normalized spacial score (nSPS) is 18.3. The maximum absolute atomic E-state index is 10.8. The number of hydrogen-bond donors (Lipinski definition) is 1. The van der Waals surface area contributed by atoms with E-state index in [1.54, 1.807) is 6.07 Å². The van der Waals surface area contributed by atoms with Crippen molar-refractivity contribution in [3.05, 3.63) is 39.6 Å². The quantitative estimate of drug-likeness (QED) is 0.629. The highest BCUT2D eigenvalue weighted by molar-refractivity contribution is 5.93. The van der Waals surface area contributed by atoms with Gasteiger partial charge in [-0.25, -0.2) is 0 Å². The van der Waals surface area contributed by atoms with Gasteiger partial charge in [0.2, 0.25) is 0 Å². The molecule has 3 rings (SSSR count). The van der Waals surface area contributed by atoms with Gasteiger partial charge in [0, 0.05) is 28.9 Å². The van der Waals surface area contributed by atoms with Crippen LogP contribution in [-0.4, -0.2) is 9.91 Å². The fourth-order valence-corrected chi connectivity index (χ4v) is 2.75. The van der Waals surface area contributed by atoms with Crippen LogP contribution in [0.25, 0.3) is 10.9 Å². The number of rotatable bonds is 1. The van der Waals surface area contributed by atoms with E-state index in [4.69, 9.17) is 5.73 Å². The molecule has 1 aliphatic carbocycles. The maximum Gasteiger partial charge on any atom is 0.270 e. The van der Waals surface area contributed by atoms with E-state index < -0.39 is 4.92 Å². The Morgan fingerprint density at radius 2 is 2.26 bits per heavy atom. The Labute approximate surface area is 110 Å². The van der Waals surface area contributed by atoms with Crippen LogP contribution in [-0.2, 0) is 12.8 Å². The minimum Gasteiger partial charge on any atom is -0.398 e. The number of nitro benzene ring substituents is 1. The Morgan fingerprint density at radius 3 is 3.00 bits per heavy atom. The number of anilines is 1. The third-order valence-corrected chi connectivity index (χ3v) is 3.84. The number of benzene rings is 1. The van der Waals surface area contributed by atoms with Crippen molar-refractivity contribution in [2.24, 2.45) is 5.92 Å². The fourth-order valence-electron chi connectivity index (χ4n) is 2.75. The van der Waals surface area contributed by atoms with Gasteiger partial charge in [-0.05, 0) is 36.8 Å². The van der Waals surface area contributed by atoms with E-state index in [1.807, 2.05) is 0 Å². The fraction of sp³-hybridized carbons (Fsp3) is 0.357. The SMILES string of the molecule is CC1CCc2nc3ccc([N+](=O)[O-])cc3c(N)c2C1. The van der Waals surface area contributed by atoms with Gasteiger partial charge in [-0.1, -0.05) is 6.92 Å². The number of non-ortho nitro benzene ring substituents is 1. The number of nitrogens with two attached hydrogens (primary N) is 1. The molecule has 0 fully saturated rings. The highest BCUT2D eigenvalue weighted by atomic mass is 16.6. The average Bonchev–Trinajstić information content (AvgIpc) is 2.39. The van der Waals surface area contributed by atoms with Gasteiger partial charge in [-0.15, -0.1) is 0 Å². The number of aromatic nitrogens is 1. The Balaban J connectivity index is 2.25. The van der Waals surface area contributed by atoms with Gasteiger partial charge in [0.05, 0.1) is 10.4 Å². The molecule has 0 spiro atoms. The Kier molecular flexibility index (Phi) is 2.62. The molecule has 1 heterocycles. The van der Waals surface area contributed by atoms with Crippen molar-refractivity contribution in [3.8, 4) is 0 Å². The summed E-state index contributed by atoms with van der Waals surface area (Å²) in [6.07, 6.45) is 2.97. The molecule has 1 unspecified atom stereocenters. The molecule has 0 saturated heterocycles. The van der Waals surface area contributed by atoms with Crippen LogP contribution in [0.1, 0.15) is 24.6 Å². The third-order valence-electron chi connectivity index (χ3n) is 3.84. The molecule has 5 heteroatoms. The second kappa shape index (κ2) is 4.19. The Bertz CT molecular complexity index is 682. The van der Waals surface area contributed by atoms with E-state index in [2.05, 4.69) is 11.9 Å². The molecular formula is C14H15N3O2. The van der Waals surface area contributed by atoms with Crippen LogP contribution in [0.15, 0.2) is 18.2 Å². The number of nitro groups is 1. The lowest BCUT2D eigenvalue weighted by atomic mass is 9.86. The Hall–Kier alpha value is -2.17. The van der Waals surface area contributed by atoms with E-state index in [0.717, 1.165) is 36.0 Å².